The average molecular weight is 500 g/mol. The standard InChI is InChI=1S/C9H7.C8H11.C2H4.2ClH.Hf/c1-2-5-9-7-3-6-8(9)4-1;1-2-5-8-6-3-4-7-8;1-2;;;/h1-7H;3,6H,2,4-5H2,1H3;1-2H2;2*1H;/q;;;;;+2/p-2. The van der Waals surface area contributed by atoms with Crippen LogP contribution in [0, 0.1) is 0 Å². The van der Waals surface area contributed by atoms with Gasteiger partial charge in [0.25, 0.3) is 0 Å². The largest absolute Gasteiger partial charge is 1.00 e. The summed E-state index contributed by atoms with van der Waals surface area (Å²) in [5, 5.41) is 0. The van der Waals surface area contributed by atoms with Gasteiger partial charge < -0.3 is 24.8 Å². The quantitative estimate of drug-likeness (QED) is 0.503. The first-order valence-electron chi connectivity index (χ1n) is 8.01. The molecule has 0 radical (unpaired) electrons. The summed E-state index contributed by atoms with van der Waals surface area (Å²) >= 11 is -2.21. The van der Waals surface area contributed by atoms with Crippen molar-refractivity contribution in [3.8, 4) is 0 Å². The molecule has 2 aliphatic carbocycles. The monoisotopic (exact) mass is 500 g/mol. The van der Waals surface area contributed by atoms with E-state index < -0.39 is 20.0 Å². The van der Waals surface area contributed by atoms with Gasteiger partial charge in [-0.25, -0.2) is 0 Å². The van der Waals surface area contributed by atoms with Crippen molar-refractivity contribution in [2.24, 2.45) is 0 Å². The molecule has 0 N–H and O–H groups in total. The van der Waals surface area contributed by atoms with Gasteiger partial charge in [0.15, 0.2) is 0 Å². The van der Waals surface area contributed by atoms with Crippen molar-refractivity contribution in [1.82, 2.24) is 0 Å². The third-order valence-electron chi connectivity index (χ3n) is 5.33. The van der Waals surface area contributed by atoms with Gasteiger partial charge in [0.1, 0.15) is 0 Å². The molecule has 1 heterocycles. The molecule has 1 atom stereocenters. The molecule has 1 aromatic rings. The van der Waals surface area contributed by atoms with Gasteiger partial charge in [-0.15, -0.1) is 0 Å². The molecular formula is C19H22Cl2Hf. The molecule has 1 aliphatic heterocycles. The van der Waals surface area contributed by atoms with Crippen molar-refractivity contribution in [2.45, 2.75) is 38.2 Å². The van der Waals surface area contributed by atoms with E-state index in [2.05, 4.69) is 55.5 Å². The molecule has 0 saturated carbocycles. The van der Waals surface area contributed by atoms with Crippen molar-refractivity contribution in [3.63, 3.8) is 0 Å². The van der Waals surface area contributed by atoms with Crippen LogP contribution in [0.4, 0.5) is 0 Å². The summed E-state index contributed by atoms with van der Waals surface area (Å²) in [5.41, 5.74) is 4.89. The van der Waals surface area contributed by atoms with Gasteiger partial charge in [0.05, 0.1) is 0 Å². The Kier molecular flexibility index (Phi) is 5.96. The second-order valence-electron chi connectivity index (χ2n) is 6.48. The minimum atomic E-state index is -2.21. The molecule has 116 valence electrons. The second-order valence-corrected chi connectivity index (χ2v) is 22.8. The predicted octanol–water partition coefficient (Wildman–Crippen LogP) is -0.219. The summed E-state index contributed by atoms with van der Waals surface area (Å²) in [5.74, 6) is 0. The van der Waals surface area contributed by atoms with Crippen LogP contribution in [0.2, 0.25) is 8.35 Å². The molecule has 1 aromatic carbocycles. The molecule has 0 nitrogen and oxygen atoms in total. The van der Waals surface area contributed by atoms with Gasteiger partial charge >= 0.3 is 127 Å². The summed E-state index contributed by atoms with van der Waals surface area (Å²) in [4.78, 5) is 0. The van der Waals surface area contributed by atoms with Crippen LogP contribution < -0.4 is 24.8 Å². The number of fused-ring (bicyclic) bond motifs is 1. The fraction of sp³-hybridized carbons (Fsp3) is 0.368. The van der Waals surface area contributed by atoms with Crippen molar-refractivity contribution in [2.75, 3.05) is 0 Å². The Labute approximate surface area is 150 Å². The Morgan fingerprint density at radius 3 is 2.59 bits per heavy atom. The zero-order valence-electron chi connectivity index (χ0n) is 13.0. The normalized spacial score (nSPS) is 21.6. The minimum absolute atomic E-state index is 0. The first-order valence-corrected chi connectivity index (χ1v) is 17.0. The molecule has 3 heteroatoms. The van der Waals surface area contributed by atoms with Gasteiger partial charge in [-0.05, 0) is 0 Å². The summed E-state index contributed by atoms with van der Waals surface area (Å²) in [6, 6.07) is 9.10. The number of hydrogen-bond acceptors (Lipinski definition) is 0. The average Bonchev–Trinajstić information content (AvgIpc) is 2.95. The van der Waals surface area contributed by atoms with Gasteiger partial charge in [-0.1, -0.05) is 0 Å². The van der Waals surface area contributed by atoms with E-state index in [1.165, 1.54) is 24.8 Å². The first-order chi connectivity index (χ1) is 9.85. The van der Waals surface area contributed by atoms with E-state index in [-0.39, 0.29) is 24.8 Å². The maximum absolute atomic E-state index is 2.56. The van der Waals surface area contributed by atoms with E-state index >= 15 is 0 Å². The van der Waals surface area contributed by atoms with Crippen molar-refractivity contribution >= 4 is 6.08 Å². The molecule has 0 bridgehead atoms. The molecule has 0 spiro atoms. The third kappa shape index (κ3) is 2.85. The summed E-state index contributed by atoms with van der Waals surface area (Å²) < 4.78 is 6.02. The Morgan fingerprint density at radius 1 is 1.09 bits per heavy atom. The molecule has 3 aliphatic rings. The Hall–Kier alpha value is -0.110. The predicted molar refractivity (Wildman–Crippen MR) is 83.5 cm³/mol. The Bertz CT molecular complexity index is 639. The van der Waals surface area contributed by atoms with E-state index in [1.807, 2.05) is 3.33 Å². The van der Waals surface area contributed by atoms with Crippen LogP contribution in [-0.4, -0.2) is 0 Å². The summed E-state index contributed by atoms with van der Waals surface area (Å²) in [7, 11) is 0. The smallest absolute Gasteiger partial charge is 1.00 e. The number of allylic oxidation sites excluding steroid dienone is 5. The Morgan fingerprint density at radius 2 is 1.86 bits per heavy atom. The van der Waals surface area contributed by atoms with Crippen molar-refractivity contribution in [3.05, 3.63) is 62.5 Å². The second kappa shape index (κ2) is 7.20. The van der Waals surface area contributed by atoms with Gasteiger partial charge in [0, 0.05) is 0 Å². The zero-order valence-corrected chi connectivity index (χ0v) is 18.1. The summed E-state index contributed by atoms with van der Waals surface area (Å²) in [6.07, 6.45) is 13.7. The van der Waals surface area contributed by atoms with Crippen LogP contribution in [0.3, 0.4) is 0 Å². The number of hydrogen-bond donors (Lipinski definition) is 0. The molecule has 1 saturated heterocycles. The first kappa shape index (κ1) is 18.2. The molecule has 0 amide bonds. The zero-order chi connectivity index (χ0) is 13.6. The van der Waals surface area contributed by atoms with Gasteiger partial charge in [-0.2, -0.15) is 0 Å². The third-order valence-corrected chi connectivity index (χ3v) is 23.3. The summed E-state index contributed by atoms with van der Waals surface area (Å²) in [6.45, 7) is 2.32. The molecule has 22 heavy (non-hydrogen) atoms. The number of rotatable bonds is 4. The van der Waals surface area contributed by atoms with Crippen LogP contribution in [0.25, 0.3) is 6.08 Å². The van der Waals surface area contributed by atoms with Gasteiger partial charge in [-0.3, -0.25) is 0 Å². The van der Waals surface area contributed by atoms with Crippen molar-refractivity contribution in [1.29, 1.82) is 0 Å². The van der Waals surface area contributed by atoms with Crippen LogP contribution in [-0.2, 0) is 20.0 Å². The van der Waals surface area contributed by atoms with E-state index in [9.17, 15) is 0 Å². The van der Waals surface area contributed by atoms with Crippen LogP contribution in [0.1, 0.15) is 41.0 Å². The van der Waals surface area contributed by atoms with Crippen LogP contribution in [0.15, 0.2) is 51.4 Å². The minimum Gasteiger partial charge on any atom is -1.00 e. The SMILES string of the molecule is CCCC1=[C]([Hf+2]2([CH]3C=Cc4ccccc43)[CH2][CH2]2)CC=C1.[Cl-].[Cl-]. The van der Waals surface area contributed by atoms with E-state index in [4.69, 9.17) is 0 Å². The maximum Gasteiger partial charge on any atom is -1.00 e. The number of halogens is 2. The fourth-order valence-corrected chi connectivity index (χ4v) is 28.6. The fourth-order valence-electron chi connectivity index (χ4n) is 4.24. The number of benzene rings is 1. The van der Waals surface area contributed by atoms with E-state index in [0.29, 0.717) is 0 Å². The van der Waals surface area contributed by atoms with Gasteiger partial charge in [0.2, 0.25) is 0 Å². The molecular weight excluding hydrogens is 478 g/mol. The molecule has 4 rings (SSSR count). The molecule has 1 unspecified atom stereocenters. The van der Waals surface area contributed by atoms with Crippen LogP contribution >= 0.6 is 0 Å². The molecule has 0 aromatic heterocycles. The van der Waals surface area contributed by atoms with E-state index in [1.54, 1.807) is 19.5 Å². The van der Waals surface area contributed by atoms with Crippen LogP contribution in [0.5, 0.6) is 0 Å². The van der Waals surface area contributed by atoms with E-state index in [0.717, 1.165) is 3.67 Å². The topological polar surface area (TPSA) is 0 Å². The maximum atomic E-state index is 2.56. The van der Waals surface area contributed by atoms with Crippen molar-refractivity contribution < 1.29 is 44.8 Å². The Balaban J connectivity index is 0.000000882. The molecule has 1 fully saturated rings.